The molecule has 32 heavy (non-hydrogen) atoms. The first-order valence-corrected chi connectivity index (χ1v) is 12.2. The molecule has 1 atom stereocenters. The third kappa shape index (κ3) is 5.30. The average molecular weight is 465 g/mol. The lowest BCUT2D eigenvalue weighted by atomic mass is 9.76. The van der Waals surface area contributed by atoms with Crippen LogP contribution in [0.25, 0.3) is 0 Å². The zero-order chi connectivity index (χ0) is 22.6. The number of halogens is 1. The fourth-order valence-corrected chi connectivity index (χ4v) is 4.39. The highest BCUT2D eigenvalue weighted by Gasteiger charge is 2.30. The van der Waals surface area contributed by atoms with Gasteiger partial charge in [-0.1, -0.05) is 41.9 Å². The van der Waals surface area contributed by atoms with E-state index in [1.807, 2.05) is 67.0 Å². The van der Waals surface area contributed by atoms with Crippen LogP contribution in [0.2, 0.25) is 5.02 Å². The van der Waals surface area contributed by atoms with Crippen molar-refractivity contribution < 1.29 is 8.42 Å². The number of hydrogen-bond acceptors (Lipinski definition) is 5. The summed E-state index contributed by atoms with van der Waals surface area (Å²) in [6, 6.07) is 20.8. The molecule has 1 N–H and O–H groups in total. The number of nitrogens with zero attached hydrogens (tertiary/aromatic N) is 3. The van der Waals surface area contributed by atoms with E-state index in [4.69, 9.17) is 11.6 Å². The normalized spacial score (nSPS) is 12.5. The van der Waals surface area contributed by atoms with E-state index < -0.39 is 10.0 Å². The van der Waals surface area contributed by atoms with E-state index in [1.54, 1.807) is 24.5 Å². The van der Waals surface area contributed by atoms with Crippen LogP contribution >= 0.6 is 11.6 Å². The molecule has 8 heteroatoms. The highest BCUT2D eigenvalue weighted by molar-refractivity contribution is 7.92. The van der Waals surface area contributed by atoms with E-state index in [0.717, 1.165) is 22.9 Å². The summed E-state index contributed by atoms with van der Waals surface area (Å²) in [7, 11) is -3.46. The Kier molecular flexibility index (Phi) is 6.48. The molecule has 0 saturated carbocycles. The summed E-state index contributed by atoms with van der Waals surface area (Å²) in [5.74, 6) is -0.151. The van der Waals surface area contributed by atoms with E-state index in [9.17, 15) is 8.42 Å². The predicted molar refractivity (Wildman–Crippen MR) is 126 cm³/mol. The van der Waals surface area contributed by atoms with E-state index in [-0.39, 0.29) is 17.7 Å². The molecule has 0 amide bonds. The van der Waals surface area contributed by atoms with Gasteiger partial charge < -0.3 is 0 Å². The summed E-state index contributed by atoms with van der Waals surface area (Å²) in [5, 5.41) is 0.632. The number of rotatable bonds is 7. The van der Waals surface area contributed by atoms with Crippen molar-refractivity contribution in [3.05, 3.63) is 119 Å². The largest absolute Gasteiger partial charge is 0.268 e. The van der Waals surface area contributed by atoms with Crippen LogP contribution in [-0.2, 0) is 10.0 Å². The van der Waals surface area contributed by atoms with E-state index in [2.05, 4.69) is 19.7 Å². The number of nitrogens with one attached hydrogen (secondary N) is 1. The first-order chi connectivity index (χ1) is 15.4. The molecule has 0 spiro atoms. The highest BCUT2D eigenvalue weighted by Crippen LogP contribution is 2.42. The topological polar surface area (TPSA) is 84.8 Å². The first kappa shape index (κ1) is 21.9. The van der Waals surface area contributed by atoms with Gasteiger partial charge in [0.2, 0.25) is 10.0 Å². The van der Waals surface area contributed by atoms with E-state index >= 15 is 0 Å². The van der Waals surface area contributed by atoms with Gasteiger partial charge in [-0.3, -0.25) is 14.7 Å². The van der Waals surface area contributed by atoms with Crippen LogP contribution in [0.5, 0.6) is 0 Å². The van der Waals surface area contributed by atoms with Crippen LogP contribution in [0.3, 0.4) is 0 Å². The van der Waals surface area contributed by atoms with Gasteiger partial charge in [0.1, 0.15) is 5.82 Å². The van der Waals surface area contributed by atoms with Gasteiger partial charge in [0.25, 0.3) is 0 Å². The summed E-state index contributed by atoms with van der Waals surface area (Å²) in [6.45, 7) is 0. The first-order valence-electron chi connectivity index (χ1n) is 9.91. The van der Waals surface area contributed by atoms with Gasteiger partial charge in [0.05, 0.1) is 11.9 Å². The van der Waals surface area contributed by atoms with Gasteiger partial charge in [-0.2, -0.15) is 0 Å². The second-order valence-corrected chi connectivity index (χ2v) is 9.59. The molecule has 162 valence electrons. The molecule has 3 aromatic heterocycles. The standard InChI is InChI=1S/C24H21ClN4O2S/c1-32(30,31)29-22-8-2-7-21(28-22)24(17-9-11-20(25)12-10-17)23(18-5-3-13-26-15-18)19-6-4-14-27-16-19/h2-16,23-24H,1H3,(H,28,29). The molecule has 0 saturated heterocycles. The number of sulfonamides is 1. The Bertz CT molecular complexity index is 1250. The van der Waals surface area contributed by atoms with Crippen molar-refractivity contribution in [2.24, 2.45) is 0 Å². The van der Waals surface area contributed by atoms with Crippen molar-refractivity contribution in [3.8, 4) is 0 Å². The highest BCUT2D eigenvalue weighted by atomic mass is 35.5. The lowest BCUT2D eigenvalue weighted by Crippen LogP contribution is -2.18. The summed E-state index contributed by atoms with van der Waals surface area (Å²) in [5.41, 5.74) is 3.67. The monoisotopic (exact) mass is 464 g/mol. The van der Waals surface area contributed by atoms with E-state index in [0.29, 0.717) is 10.7 Å². The van der Waals surface area contributed by atoms with Crippen molar-refractivity contribution in [1.82, 2.24) is 15.0 Å². The van der Waals surface area contributed by atoms with Gasteiger partial charge in [0.15, 0.2) is 0 Å². The smallest absolute Gasteiger partial charge is 0.230 e. The lowest BCUT2D eigenvalue weighted by molar-refractivity contribution is 0.606. The van der Waals surface area contributed by atoms with E-state index in [1.165, 1.54) is 0 Å². The van der Waals surface area contributed by atoms with Gasteiger partial charge in [-0.25, -0.2) is 13.4 Å². The van der Waals surface area contributed by atoms with Crippen molar-refractivity contribution >= 4 is 27.4 Å². The van der Waals surface area contributed by atoms with Crippen LogP contribution < -0.4 is 4.72 Å². The molecule has 4 rings (SSSR count). The number of anilines is 1. The molecule has 0 aliphatic carbocycles. The third-order valence-electron chi connectivity index (χ3n) is 5.03. The van der Waals surface area contributed by atoms with Gasteiger partial charge in [0, 0.05) is 41.6 Å². The quantitative estimate of drug-likeness (QED) is 0.422. The van der Waals surface area contributed by atoms with Gasteiger partial charge >= 0.3 is 0 Å². The van der Waals surface area contributed by atoms with Crippen molar-refractivity contribution in [2.75, 3.05) is 11.0 Å². The molecule has 0 fully saturated rings. The fourth-order valence-electron chi connectivity index (χ4n) is 3.77. The molecule has 1 aromatic carbocycles. The third-order valence-corrected chi connectivity index (χ3v) is 5.86. The van der Waals surface area contributed by atoms with Crippen LogP contribution in [0.15, 0.2) is 91.5 Å². The average Bonchev–Trinajstić information content (AvgIpc) is 2.78. The van der Waals surface area contributed by atoms with Crippen molar-refractivity contribution in [3.63, 3.8) is 0 Å². The molecule has 0 radical (unpaired) electrons. The summed E-state index contributed by atoms with van der Waals surface area (Å²) in [6.07, 6.45) is 8.23. The number of benzene rings is 1. The van der Waals surface area contributed by atoms with Crippen molar-refractivity contribution in [1.29, 1.82) is 0 Å². The predicted octanol–water partition coefficient (Wildman–Crippen LogP) is 4.86. The second-order valence-electron chi connectivity index (χ2n) is 7.40. The maximum absolute atomic E-state index is 11.8. The van der Waals surface area contributed by atoms with Gasteiger partial charge in [-0.05, 0) is 53.1 Å². The minimum absolute atomic E-state index is 0.167. The zero-order valence-electron chi connectivity index (χ0n) is 17.3. The Morgan fingerprint density at radius 3 is 1.94 bits per heavy atom. The number of hydrogen-bond donors (Lipinski definition) is 1. The van der Waals surface area contributed by atoms with Crippen LogP contribution in [0.4, 0.5) is 5.82 Å². The molecule has 4 aromatic rings. The molecule has 6 nitrogen and oxygen atoms in total. The zero-order valence-corrected chi connectivity index (χ0v) is 18.8. The maximum Gasteiger partial charge on any atom is 0.230 e. The molecule has 0 aliphatic rings. The molecule has 0 bridgehead atoms. The Labute approximate surface area is 192 Å². The summed E-state index contributed by atoms with van der Waals surface area (Å²) in [4.78, 5) is 13.3. The molecular weight excluding hydrogens is 444 g/mol. The number of aromatic nitrogens is 3. The Balaban J connectivity index is 1.92. The second kappa shape index (κ2) is 9.46. The SMILES string of the molecule is CS(=O)(=O)Nc1cccc(C(c2ccc(Cl)cc2)C(c2cccnc2)c2cccnc2)n1. The Morgan fingerprint density at radius 1 is 0.781 bits per heavy atom. The molecule has 0 aliphatic heterocycles. The molecule has 3 heterocycles. The minimum atomic E-state index is -3.46. The Hall–Kier alpha value is -3.29. The van der Waals surface area contributed by atoms with Gasteiger partial charge in [-0.15, -0.1) is 0 Å². The van der Waals surface area contributed by atoms with Crippen LogP contribution in [0, 0.1) is 0 Å². The maximum atomic E-state index is 11.8. The minimum Gasteiger partial charge on any atom is -0.268 e. The lowest BCUT2D eigenvalue weighted by Gasteiger charge is -2.28. The summed E-state index contributed by atoms with van der Waals surface area (Å²) < 4.78 is 26.0. The number of pyridine rings is 3. The fraction of sp³-hybridized carbons (Fsp3) is 0.125. The molecular formula is C24H21ClN4O2S. The van der Waals surface area contributed by atoms with Crippen molar-refractivity contribution in [2.45, 2.75) is 11.8 Å². The Morgan fingerprint density at radius 2 is 1.41 bits per heavy atom. The van der Waals surface area contributed by atoms with Crippen LogP contribution in [0.1, 0.15) is 34.2 Å². The van der Waals surface area contributed by atoms with Crippen LogP contribution in [-0.4, -0.2) is 29.6 Å². The molecule has 1 unspecified atom stereocenters. The summed E-state index contributed by atoms with van der Waals surface area (Å²) >= 11 is 6.16.